The zero-order chi connectivity index (χ0) is 19.6. The number of anilines is 1. The van der Waals surface area contributed by atoms with Gasteiger partial charge in [0.05, 0.1) is 6.61 Å². The van der Waals surface area contributed by atoms with E-state index in [0.29, 0.717) is 11.3 Å². The van der Waals surface area contributed by atoms with Gasteiger partial charge in [0, 0.05) is 17.3 Å². The van der Waals surface area contributed by atoms with Crippen molar-refractivity contribution in [1.29, 1.82) is 0 Å². The fourth-order valence-electron chi connectivity index (χ4n) is 2.83. The number of benzene rings is 1. The van der Waals surface area contributed by atoms with Crippen molar-refractivity contribution in [2.24, 2.45) is 5.73 Å². The highest BCUT2D eigenvalue weighted by Crippen LogP contribution is 2.25. The van der Waals surface area contributed by atoms with Crippen molar-refractivity contribution in [2.75, 3.05) is 11.9 Å². The molecule has 1 saturated heterocycles. The predicted molar refractivity (Wildman–Crippen MR) is 92.6 cm³/mol. The van der Waals surface area contributed by atoms with E-state index in [1.807, 2.05) is 0 Å². The van der Waals surface area contributed by atoms with Gasteiger partial charge in [-0.25, -0.2) is 0 Å². The summed E-state index contributed by atoms with van der Waals surface area (Å²) in [4.78, 5) is 23.5. The third kappa shape index (κ3) is 3.96. The number of aromatic nitrogens is 1. The fraction of sp³-hybridized carbons (Fsp3) is 0.278. The van der Waals surface area contributed by atoms with Crippen LogP contribution in [0.3, 0.4) is 0 Å². The first-order valence-corrected chi connectivity index (χ1v) is 8.25. The minimum absolute atomic E-state index is 0.286. The lowest BCUT2D eigenvalue weighted by Crippen LogP contribution is -2.46. The molecule has 9 nitrogen and oxygen atoms in total. The molecular formula is C18H20N3O6+. The zero-order valence-corrected chi connectivity index (χ0v) is 14.2. The van der Waals surface area contributed by atoms with Gasteiger partial charge in [-0.2, -0.15) is 4.57 Å². The summed E-state index contributed by atoms with van der Waals surface area (Å²) in [5.74, 6) is -0.974. The van der Waals surface area contributed by atoms with Crippen LogP contribution in [-0.4, -0.2) is 52.1 Å². The second-order valence-corrected chi connectivity index (χ2v) is 6.16. The summed E-state index contributed by atoms with van der Waals surface area (Å²) >= 11 is 0. The predicted octanol–water partition coefficient (Wildman–Crippen LogP) is -1.06. The number of rotatable bonds is 5. The van der Waals surface area contributed by atoms with Gasteiger partial charge in [0.25, 0.3) is 12.1 Å². The maximum absolute atomic E-state index is 12.5. The third-order valence-corrected chi connectivity index (χ3v) is 4.32. The van der Waals surface area contributed by atoms with Gasteiger partial charge in [0.1, 0.15) is 17.8 Å². The van der Waals surface area contributed by atoms with Crippen LogP contribution >= 0.6 is 0 Å². The van der Waals surface area contributed by atoms with Gasteiger partial charge in [-0.15, -0.1) is 0 Å². The van der Waals surface area contributed by atoms with Crippen LogP contribution in [0.15, 0.2) is 48.8 Å². The van der Waals surface area contributed by atoms with Crippen LogP contribution in [0.5, 0.6) is 0 Å². The number of carbonyl (C=O) groups excluding carboxylic acids is 2. The molecule has 6 N–H and O–H groups in total. The molecule has 2 heterocycles. The molecule has 142 valence electrons. The number of primary amides is 1. The number of nitrogens with one attached hydrogen (secondary N) is 1. The number of amides is 2. The summed E-state index contributed by atoms with van der Waals surface area (Å²) in [7, 11) is 0. The van der Waals surface area contributed by atoms with E-state index < -0.39 is 43.0 Å². The maximum Gasteiger partial charge on any atom is 0.292 e. The number of nitrogens with zero attached hydrogens (tertiary/aromatic N) is 1. The molecule has 3 rings (SSSR count). The molecule has 1 aromatic carbocycles. The number of carbonyl (C=O) groups is 2. The van der Waals surface area contributed by atoms with Crippen LogP contribution in [-0.2, 0) is 4.74 Å². The smallest absolute Gasteiger partial charge is 0.292 e. The van der Waals surface area contributed by atoms with Gasteiger partial charge in [-0.3, -0.25) is 9.59 Å². The molecule has 0 spiro atoms. The molecule has 0 aliphatic carbocycles. The Labute approximate surface area is 154 Å². The van der Waals surface area contributed by atoms with Crippen molar-refractivity contribution in [3.63, 3.8) is 0 Å². The summed E-state index contributed by atoms with van der Waals surface area (Å²) in [5, 5.41) is 31.8. The zero-order valence-electron chi connectivity index (χ0n) is 14.2. The Kier molecular flexibility index (Phi) is 5.47. The number of hydrogen-bond acceptors (Lipinski definition) is 6. The Bertz CT molecular complexity index is 841. The standard InChI is InChI=1S/C18H19N3O6/c19-16(25)10-3-5-12(6-4-10)20-17(26)11-2-1-7-21(8-11)18-15(24)14(23)13(9-22)27-18/h1-8,13-15,18,22-24H,9H2,(H2-,19,20,25,26)/p+1/t13-,14-,15-,18-/m1/s1. The quantitative estimate of drug-likeness (QED) is 0.422. The molecule has 2 aromatic rings. The number of hydrogen-bond donors (Lipinski definition) is 5. The molecule has 1 fully saturated rings. The van der Waals surface area contributed by atoms with Crippen LogP contribution in [0.2, 0.25) is 0 Å². The van der Waals surface area contributed by atoms with Crippen LogP contribution in [0.4, 0.5) is 5.69 Å². The molecule has 0 radical (unpaired) electrons. The average molecular weight is 374 g/mol. The van der Waals surface area contributed by atoms with Gasteiger partial charge in [0.2, 0.25) is 5.91 Å². The minimum Gasteiger partial charge on any atom is -0.394 e. The Morgan fingerprint density at radius 2 is 1.81 bits per heavy atom. The van der Waals surface area contributed by atoms with Gasteiger partial charge in [-0.1, -0.05) is 0 Å². The highest BCUT2D eigenvalue weighted by atomic mass is 16.6. The first kappa shape index (κ1) is 18.9. The number of pyridine rings is 1. The van der Waals surface area contributed by atoms with Gasteiger partial charge >= 0.3 is 0 Å². The normalized spacial score (nSPS) is 24.6. The van der Waals surface area contributed by atoms with E-state index in [1.165, 1.54) is 22.9 Å². The van der Waals surface area contributed by atoms with Crippen molar-refractivity contribution in [3.8, 4) is 0 Å². The van der Waals surface area contributed by atoms with Gasteiger partial charge in [-0.05, 0) is 30.3 Å². The highest BCUT2D eigenvalue weighted by molar-refractivity contribution is 6.04. The molecular weight excluding hydrogens is 354 g/mol. The van der Waals surface area contributed by atoms with E-state index in [2.05, 4.69) is 5.32 Å². The van der Waals surface area contributed by atoms with E-state index in [9.17, 15) is 24.9 Å². The summed E-state index contributed by atoms with van der Waals surface area (Å²) < 4.78 is 6.90. The summed E-state index contributed by atoms with van der Waals surface area (Å²) in [6, 6.07) is 9.29. The highest BCUT2D eigenvalue weighted by Gasteiger charge is 2.48. The number of aliphatic hydroxyl groups excluding tert-OH is 3. The Morgan fingerprint density at radius 3 is 2.41 bits per heavy atom. The molecule has 2 amide bonds. The molecule has 0 unspecified atom stereocenters. The lowest BCUT2D eigenvalue weighted by molar-refractivity contribution is -0.765. The van der Waals surface area contributed by atoms with Crippen LogP contribution in [0.25, 0.3) is 0 Å². The van der Waals surface area contributed by atoms with E-state index in [4.69, 9.17) is 10.5 Å². The number of nitrogens with two attached hydrogens (primary N) is 1. The SMILES string of the molecule is NC(=O)c1ccc(NC(=O)c2ccc[n+]([C@@H]3O[C@H](CO)[C@@H](O)[C@H]3O)c2)cc1. The average Bonchev–Trinajstić information content (AvgIpc) is 2.97. The van der Waals surface area contributed by atoms with Crippen molar-refractivity contribution in [2.45, 2.75) is 24.5 Å². The Morgan fingerprint density at radius 1 is 1.11 bits per heavy atom. The summed E-state index contributed by atoms with van der Waals surface area (Å²) in [6.45, 7) is -0.434. The Balaban J connectivity index is 1.75. The molecule has 1 aromatic heterocycles. The van der Waals surface area contributed by atoms with E-state index >= 15 is 0 Å². The van der Waals surface area contributed by atoms with Crippen LogP contribution in [0, 0.1) is 0 Å². The van der Waals surface area contributed by atoms with Gasteiger partial charge < -0.3 is 31.1 Å². The Hall–Kier alpha value is -2.85. The molecule has 4 atom stereocenters. The second kappa shape index (κ2) is 7.80. The summed E-state index contributed by atoms with van der Waals surface area (Å²) in [6.07, 6.45) is -1.26. The van der Waals surface area contributed by atoms with Crippen molar-refractivity contribution in [1.82, 2.24) is 0 Å². The minimum atomic E-state index is -1.24. The topological polar surface area (TPSA) is 146 Å². The molecule has 0 bridgehead atoms. The van der Waals surface area contributed by atoms with Crippen LogP contribution < -0.4 is 15.6 Å². The van der Waals surface area contributed by atoms with Gasteiger partial charge in [0.15, 0.2) is 18.5 Å². The van der Waals surface area contributed by atoms with Crippen molar-refractivity contribution >= 4 is 17.5 Å². The van der Waals surface area contributed by atoms with Crippen molar-refractivity contribution < 1.29 is 34.2 Å². The van der Waals surface area contributed by atoms with E-state index in [1.54, 1.807) is 30.5 Å². The van der Waals surface area contributed by atoms with Crippen molar-refractivity contribution in [3.05, 3.63) is 59.9 Å². The lowest BCUT2D eigenvalue weighted by Gasteiger charge is -2.11. The van der Waals surface area contributed by atoms with E-state index in [-0.39, 0.29) is 5.56 Å². The summed E-state index contributed by atoms with van der Waals surface area (Å²) in [5.41, 5.74) is 6.27. The first-order valence-electron chi connectivity index (χ1n) is 8.25. The molecule has 27 heavy (non-hydrogen) atoms. The lowest BCUT2D eigenvalue weighted by atomic mass is 10.1. The number of ether oxygens (including phenoxy) is 1. The third-order valence-electron chi connectivity index (χ3n) is 4.32. The maximum atomic E-state index is 12.5. The first-order chi connectivity index (χ1) is 12.9. The van der Waals surface area contributed by atoms with Crippen LogP contribution in [0.1, 0.15) is 26.9 Å². The van der Waals surface area contributed by atoms with E-state index in [0.717, 1.165) is 0 Å². The molecule has 9 heteroatoms. The molecule has 0 saturated carbocycles. The fourth-order valence-corrected chi connectivity index (χ4v) is 2.83. The second-order valence-electron chi connectivity index (χ2n) is 6.16. The largest absolute Gasteiger partial charge is 0.394 e. The number of aliphatic hydroxyl groups is 3. The molecule has 1 aliphatic rings. The monoisotopic (exact) mass is 374 g/mol. The molecule has 1 aliphatic heterocycles.